The van der Waals surface area contributed by atoms with E-state index in [9.17, 15) is 0 Å². The highest BCUT2D eigenvalue weighted by molar-refractivity contribution is 5.77. The average molecular weight is 277 g/mol. The van der Waals surface area contributed by atoms with Crippen molar-refractivity contribution in [3.63, 3.8) is 0 Å². The number of pyridine rings is 1. The Hall–Kier alpha value is -1.62. The number of hydrogen-bond acceptors (Lipinski definition) is 3. The lowest BCUT2D eigenvalue weighted by Crippen LogP contribution is -2.38. The second-order valence-electron chi connectivity index (χ2n) is 4.79. The van der Waals surface area contributed by atoms with Gasteiger partial charge in [-0.2, -0.15) is 0 Å². The Morgan fingerprint density at radius 1 is 1.40 bits per heavy atom. The van der Waals surface area contributed by atoms with E-state index in [1.165, 1.54) is 0 Å². The maximum atomic E-state index is 5.87. The molecule has 20 heavy (non-hydrogen) atoms. The van der Waals surface area contributed by atoms with Crippen LogP contribution in [0.15, 0.2) is 29.4 Å². The molecule has 1 unspecified atom stereocenters. The molecular weight excluding hydrogens is 250 g/mol. The number of rotatable bonds is 8. The van der Waals surface area contributed by atoms with Crippen molar-refractivity contribution < 1.29 is 0 Å². The number of hydrogen-bond donors (Lipinski definition) is 2. The molecule has 112 valence electrons. The number of nitrogens with zero attached hydrogens (tertiary/aromatic N) is 3. The fraction of sp³-hybridized carbons (Fsp3) is 0.600. The van der Waals surface area contributed by atoms with E-state index in [2.05, 4.69) is 41.0 Å². The van der Waals surface area contributed by atoms with Crippen molar-refractivity contribution in [1.82, 2.24) is 15.2 Å². The average Bonchev–Trinajstić information content (AvgIpc) is 2.47. The van der Waals surface area contributed by atoms with Crippen molar-refractivity contribution in [3.8, 4) is 0 Å². The number of guanidine groups is 1. The molecule has 0 radical (unpaired) electrons. The van der Waals surface area contributed by atoms with Crippen molar-refractivity contribution in [2.24, 2.45) is 10.7 Å². The summed E-state index contributed by atoms with van der Waals surface area (Å²) < 4.78 is 0. The molecule has 3 N–H and O–H groups in total. The molecule has 1 rings (SSSR count). The molecule has 0 aliphatic heterocycles. The third-order valence-corrected chi connectivity index (χ3v) is 3.37. The first kappa shape index (κ1) is 16.4. The first-order valence-electron chi connectivity index (χ1n) is 7.35. The van der Waals surface area contributed by atoms with Crippen molar-refractivity contribution in [2.45, 2.75) is 33.2 Å². The number of nitrogens with two attached hydrogens (primary N) is 1. The van der Waals surface area contributed by atoms with Gasteiger partial charge >= 0.3 is 0 Å². The van der Waals surface area contributed by atoms with Gasteiger partial charge in [0.25, 0.3) is 0 Å². The molecule has 0 aromatic carbocycles. The zero-order valence-corrected chi connectivity index (χ0v) is 12.8. The maximum absolute atomic E-state index is 5.87. The summed E-state index contributed by atoms with van der Waals surface area (Å²) in [5.74, 6) is 0.514. The number of nitrogens with one attached hydrogen (secondary N) is 1. The van der Waals surface area contributed by atoms with Crippen LogP contribution >= 0.6 is 0 Å². The summed E-state index contributed by atoms with van der Waals surface area (Å²) >= 11 is 0. The first-order valence-corrected chi connectivity index (χ1v) is 7.35. The fourth-order valence-corrected chi connectivity index (χ4v) is 2.11. The Morgan fingerprint density at radius 3 is 2.75 bits per heavy atom. The van der Waals surface area contributed by atoms with E-state index in [-0.39, 0.29) is 0 Å². The maximum Gasteiger partial charge on any atom is 0.188 e. The Bertz CT molecular complexity index is 387. The highest BCUT2D eigenvalue weighted by Gasteiger charge is 2.08. The molecule has 1 aromatic heterocycles. The van der Waals surface area contributed by atoms with E-state index >= 15 is 0 Å². The van der Waals surface area contributed by atoms with Crippen LogP contribution in [-0.4, -0.2) is 48.1 Å². The Labute approximate surface area is 122 Å². The van der Waals surface area contributed by atoms with E-state index in [4.69, 9.17) is 5.73 Å². The van der Waals surface area contributed by atoms with Crippen LogP contribution in [0.25, 0.3) is 0 Å². The lowest BCUT2D eigenvalue weighted by Gasteiger charge is -2.24. The van der Waals surface area contributed by atoms with Gasteiger partial charge in [-0.3, -0.25) is 14.9 Å². The zero-order valence-electron chi connectivity index (χ0n) is 12.8. The second-order valence-corrected chi connectivity index (χ2v) is 4.79. The van der Waals surface area contributed by atoms with E-state index in [1.54, 1.807) is 6.20 Å². The lowest BCUT2D eigenvalue weighted by molar-refractivity contribution is 0.237. The van der Waals surface area contributed by atoms with Gasteiger partial charge in [0.2, 0.25) is 0 Å². The van der Waals surface area contributed by atoms with E-state index in [1.807, 2.05) is 18.2 Å². The van der Waals surface area contributed by atoms with Crippen LogP contribution in [0, 0.1) is 0 Å². The van der Waals surface area contributed by atoms with Crippen LogP contribution in [0.5, 0.6) is 0 Å². The molecule has 0 aliphatic rings. The molecule has 1 heterocycles. The van der Waals surface area contributed by atoms with Crippen LogP contribution in [0.3, 0.4) is 0 Å². The molecule has 0 aliphatic carbocycles. The quantitative estimate of drug-likeness (QED) is 0.554. The van der Waals surface area contributed by atoms with E-state index in [0.29, 0.717) is 12.0 Å². The van der Waals surface area contributed by atoms with Crippen LogP contribution < -0.4 is 11.1 Å². The molecular formula is C15H27N5. The molecule has 0 spiro atoms. The summed E-state index contributed by atoms with van der Waals surface area (Å²) in [4.78, 5) is 11.0. The second kappa shape index (κ2) is 9.31. The normalized spacial score (nSPS) is 13.5. The third kappa shape index (κ3) is 6.02. The molecule has 5 nitrogen and oxygen atoms in total. The SMILES string of the molecule is CCN(CC)C(C)CN=C(N)NCCc1ccccn1. The standard InChI is InChI=1S/C15H27N5/c1-4-20(5-2)13(3)12-19-15(16)18-11-9-14-8-6-7-10-17-14/h6-8,10,13H,4-5,9,11-12H2,1-3H3,(H3,16,18,19). The van der Waals surface area contributed by atoms with Crippen molar-refractivity contribution in [2.75, 3.05) is 26.2 Å². The van der Waals surface area contributed by atoms with Gasteiger partial charge in [-0.05, 0) is 32.1 Å². The van der Waals surface area contributed by atoms with Crippen molar-refractivity contribution >= 4 is 5.96 Å². The van der Waals surface area contributed by atoms with Gasteiger partial charge in [0.05, 0.1) is 6.54 Å². The molecule has 1 aromatic rings. The summed E-state index contributed by atoms with van der Waals surface area (Å²) in [5.41, 5.74) is 6.93. The number of aliphatic imine (C=N–C) groups is 1. The summed E-state index contributed by atoms with van der Waals surface area (Å²) in [6, 6.07) is 6.34. The Morgan fingerprint density at radius 2 is 2.15 bits per heavy atom. The van der Waals surface area contributed by atoms with Crippen LogP contribution in [0.1, 0.15) is 26.5 Å². The zero-order chi connectivity index (χ0) is 14.8. The molecule has 1 atom stereocenters. The van der Waals surface area contributed by atoms with Gasteiger partial charge in [-0.15, -0.1) is 0 Å². The van der Waals surface area contributed by atoms with Gasteiger partial charge in [-0.25, -0.2) is 0 Å². The van der Waals surface area contributed by atoms with Crippen molar-refractivity contribution in [1.29, 1.82) is 0 Å². The molecule has 0 amide bonds. The minimum Gasteiger partial charge on any atom is -0.370 e. The van der Waals surface area contributed by atoms with Gasteiger partial charge in [0, 0.05) is 30.9 Å². The van der Waals surface area contributed by atoms with Gasteiger partial charge in [0.1, 0.15) is 0 Å². The predicted octanol–water partition coefficient (Wildman–Crippen LogP) is 1.26. The number of likely N-dealkylation sites (N-methyl/N-ethyl adjacent to an activating group) is 1. The van der Waals surface area contributed by atoms with Crippen LogP contribution in [-0.2, 0) is 6.42 Å². The highest BCUT2D eigenvalue weighted by atomic mass is 15.2. The highest BCUT2D eigenvalue weighted by Crippen LogP contribution is 1.98. The van der Waals surface area contributed by atoms with E-state index < -0.39 is 0 Å². The lowest BCUT2D eigenvalue weighted by atomic mass is 10.3. The monoisotopic (exact) mass is 277 g/mol. The van der Waals surface area contributed by atoms with Gasteiger partial charge in [0.15, 0.2) is 5.96 Å². The minimum absolute atomic E-state index is 0.418. The Kier molecular flexibility index (Phi) is 7.65. The largest absolute Gasteiger partial charge is 0.370 e. The topological polar surface area (TPSA) is 66.5 Å². The molecule has 0 bridgehead atoms. The number of aromatic nitrogens is 1. The summed E-state index contributed by atoms with van der Waals surface area (Å²) in [7, 11) is 0. The smallest absolute Gasteiger partial charge is 0.188 e. The Balaban J connectivity index is 2.28. The third-order valence-electron chi connectivity index (χ3n) is 3.37. The molecule has 0 saturated heterocycles. The first-order chi connectivity index (χ1) is 9.67. The van der Waals surface area contributed by atoms with E-state index in [0.717, 1.165) is 38.3 Å². The fourth-order valence-electron chi connectivity index (χ4n) is 2.11. The van der Waals surface area contributed by atoms with Gasteiger partial charge < -0.3 is 11.1 Å². The molecule has 0 saturated carbocycles. The summed E-state index contributed by atoms with van der Waals surface area (Å²) in [5, 5.41) is 3.13. The molecule has 0 fully saturated rings. The minimum atomic E-state index is 0.418. The van der Waals surface area contributed by atoms with Gasteiger partial charge in [-0.1, -0.05) is 19.9 Å². The molecule has 5 heteroatoms. The summed E-state index contributed by atoms with van der Waals surface area (Å²) in [6.07, 6.45) is 2.65. The van der Waals surface area contributed by atoms with Crippen molar-refractivity contribution in [3.05, 3.63) is 30.1 Å². The summed E-state index contributed by atoms with van der Waals surface area (Å²) in [6.45, 7) is 10.1. The van der Waals surface area contributed by atoms with Crippen LogP contribution in [0.4, 0.5) is 0 Å². The van der Waals surface area contributed by atoms with Crippen LogP contribution in [0.2, 0.25) is 0 Å². The predicted molar refractivity (Wildman–Crippen MR) is 84.8 cm³/mol.